The summed E-state index contributed by atoms with van der Waals surface area (Å²) in [5, 5.41) is 11.8. The van der Waals surface area contributed by atoms with Gasteiger partial charge < -0.3 is 10.4 Å². The maximum absolute atomic E-state index is 11.9. The minimum absolute atomic E-state index is 0.0533. The van der Waals surface area contributed by atoms with Crippen LogP contribution in [0.5, 0.6) is 0 Å². The average Bonchev–Trinajstić information content (AvgIpc) is 2.34. The van der Waals surface area contributed by atoms with Crippen LogP contribution in [0.3, 0.4) is 0 Å². The number of aryl methyl sites for hydroxylation is 2. The van der Waals surface area contributed by atoms with E-state index >= 15 is 0 Å². The molecule has 5 nitrogen and oxygen atoms in total. The number of hydrogen-bond donors (Lipinski definition) is 2. The molecule has 1 aromatic rings. The number of nitrogens with one attached hydrogen (secondary N) is 1. The SMILES string of the molecule is CCC(C(=O)O)N(C)CC(=O)Nc1ccc(C)c(C)c1. The summed E-state index contributed by atoms with van der Waals surface area (Å²) in [7, 11) is 1.64. The Morgan fingerprint density at radius 3 is 2.45 bits per heavy atom. The number of carboxylic acid groups (broad SMARTS) is 1. The van der Waals surface area contributed by atoms with Crippen molar-refractivity contribution < 1.29 is 14.7 Å². The van der Waals surface area contributed by atoms with Gasteiger partial charge in [-0.1, -0.05) is 13.0 Å². The van der Waals surface area contributed by atoms with Crippen LogP contribution in [-0.2, 0) is 9.59 Å². The Kier molecular flexibility index (Phi) is 5.70. The Labute approximate surface area is 119 Å². The van der Waals surface area contributed by atoms with Gasteiger partial charge in [0.15, 0.2) is 0 Å². The van der Waals surface area contributed by atoms with E-state index in [4.69, 9.17) is 5.11 Å². The van der Waals surface area contributed by atoms with Crippen molar-refractivity contribution >= 4 is 17.6 Å². The fourth-order valence-corrected chi connectivity index (χ4v) is 2.03. The number of carboxylic acids is 1. The van der Waals surface area contributed by atoms with Crippen molar-refractivity contribution in [2.24, 2.45) is 0 Å². The molecular formula is C15H22N2O3. The molecule has 0 aromatic heterocycles. The molecule has 0 aliphatic rings. The Bertz CT molecular complexity index is 500. The standard InChI is InChI=1S/C15H22N2O3/c1-5-13(15(19)20)17(4)9-14(18)16-12-7-6-10(2)11(3)8-12/h6-8,13H,5,9H2,1-4H3,(H,16,18)(H,19,20). The molecule has 0 fully saturated rings. The second kappa shape index (κ2) is 7.05. The van der Waals surface area contributed by atoms with Crippen LogP contribution in [0, 0.1) is 13.8 Å². The van der Waals surface area contributed by atoms with Gasteiger partial charge in [0, 0.05) is 5.69 Å². The summed E-state index contributed by atoms with van der Waals surface area (Å²) >= 11 is 0. The molecule has 0 spiro atoms. The van der Waals surface area contributed by atoms with Crippen LogP contribution >= 0.6 is 0 Å². The number of nitrogens with zero attached hydrogens (tertiary/aromatic N) is 1. The topological polar surface area (TPSA) is 69.6 Å². The predicted octanol–water partition coefficient (Wildman–Crippen LogP) is 2.04. The quantitative estimate of drug-likeness (QED) is 0.835. The lowest BCUT2D eigenvalue weighted by atomic mass is 10.1. The van der Waals surface area contributed by atoms with Crippen molar-refractivity contribution in [2.45, 2.75) is 33.2 Å². The van der Waals surface area contributed by atoms with E-state index in [0.717, 1.165) is 16.8 Å². The van der Waals surface area contributed by atoms with Crippen LogP contribution in [0.15, 0.2) is 18.2 Å². The third kappa shape index (κ3) is 4.35. The summed E-state index contributed by atoms with van der Waals surface area (Å²) in [6.45, 7) is 5.83. The molecule has 0 aliphatic carbocycles. The Hall–Kier alpha value is -1.88. The number of carbonyl (C=O) groups excluding carboxylic acids is 1. The van der Waals surface area contributed by atoms with Crippen molar-refractivity contribution in [3.63, 3.8) is 0 Å². The molecule has 5 heteroatoms. The number of amides is 1. The molecule has 2 N–H and O–H groups in total. The number of anilines is 1. The second-order valence-electron chi connectivity index (χ2n) is 5.02. The van der Waals surface area contributed by atoms with Crippen molar-refractivity contribution in [2.75, 3.05) is 18.9 Å². The fourth-order valence-electron chi connectivity index (χ4n) is 2.03. The summed E-state index contributed by atoms with van der Waals surface area (Å²) in [5.74, 6) is -1.12. The molecule has 0 radical (unpaired) electrons. The van der Waals surface area contributed by atoms with Crippen LogP contribution in [0.1, 0.15) is 24.5 Å². The van der Waals surface area contributed by atoms with Gasteiger partial charge in [-0.15, -0.1) is 0 Å². The van der Waals surface area contributed by atoms with E-state index < -0.39 is 12.0 Å². The molecule has 1 atom stereocenters. The Morgan fingerprint density at radius 2 is 1.95 bits per heavy atom. The molecule has 1 amide bonds. The first-order valence-electron chi connectivity index (χ1n) is 6.65. The second-order valence-corrected chi connectivity index (χ2v) is 5.02. The number of likely N-dealkylation sites (N-methyl/N-ethyl adjacent to an activating group) is 1. The van der Waals surface area contributed by atoms with E-state index in [0.29, 0.717) is 6.42 Å². The molecule has 0 bridgehead atoms. The zero-order chi connectivity index (χ0) is 15.3. The van der Waals surface area contributed by atoms with Crippen LogP contribution in [-0.4, -0.2) is 41.5 Å². The third-order valence-electron chi connectivity index (χ3n) is 3.39. The fraction of sp³-hybridized carbons (Fsp3) is 0.467. The van der Waals surface area contributed by atoms with Gasteiger partial charge in [-0.05, 0) is 50.6 Å². The van der Waals surface area contributed by atoms with Gasteiger partial charge in [-0.2, -0.15) is 0 Å². The normalized spacial score (nSPS) is 12.2. The number of carbonyl (C=O) groups is 2. The summed E-state index contributed by atoms with van der Waals surface area (Å²) in [5.41, 5.74) is 3.00. The van der Waals surface area contributed by atoms with E-state index in [2.05, 4.69) is 5.32 Å². The van der Waals surface area contributed by atoms with Crippen LogP contribution < -0.4 is 5.32 Å². The lowest BCUT2D eigenvalue weighted by Gasteiger charge is -2.22. The molecule has 1 rings (SSSR count). The highest BCUT2D eigenvalue weighted by Gasteiger charge is 2.22. The average molecular weight is 278 g/mol. The number of benzene rings is 1. The van der Waals surface area contributed by atoms with Gasteiger partial charge in [0.1, 0.15) is 6.04 Å². The highest BCUT2D eigenvalue weighted by Crippen LogP contribution is 2.14. The van der Waals surface area contributed by atoms with Gasteiger partial charge in [0.05, 0.1) is 6.54 Å². The molecular weight excluding hydrogens is 256 g/mol. The summed E-state index contributed by atoms with van der Waals surface area (Å²) in [6.07, 6.45) is 0.461. The monoisotopic (exact) mass is 278 g/mol. The van der Waals surface area contributed by atoms with E-state index in [-0.39, 0.29) is 12.5 Å². The summed E-state index contributed by atoms with van der Waals surface area (Å²) in [6, 6.07) is 5.05. The van der Waals surface area contributed by atoms with Crippen LogP contribution in [0.2, 0.25) is 0 Å². The van der Waals surface area contributed by atoms with Gasteiger partial charge in [-0.25, -0.2) is 0 Å². The van der Waals surface area contributed by atoms with Gasteiger partial charge in [-0.3, -0.25) is 14.5 Å². The Morgan fingerprint density at radius 1 is 1.30 bits per heavy atom. The van der Waals surface area contributed by atoms with Gasteiger partial charge >= 0.3 is 5.97 Å². The number of rotatable bonds is 6. The minimum Gasteiger partial charge on any atom is -0.480 e. The molecule has 1 unspecified atom stereocenters. The van der Waals surface area contributed by atoms with Crippen molar-refractivity contribution in [3.05, 3.63) is 29.3 Å². The van der Waals surface area contributed by atoms with Crippen molar-refractivity contribution in [1.29, 1.82) is 0 Å². The highest BCUT2D eigenvalue weighted by molar-refractivity contribution is 5.92. The molecule has 110 valence electrons. The zero-order valence-corrected chi connectivity index (χ0v) is 12.4. The highest BCUT2D eigenvalue weighted by atomic mass is 16.4. The number of aliphatic carboxylic acids is 1. The maximum atomic E-state index is 11.9. The summed E-state index contributed by atoms with van der Waals surface area (Å²) < 4.78 is 0. The van der Waals surface area contributed by atoms with Crippen LogP contribution in [0.25, 0.3) is 0 Å². The first-order chi connectivity index (χ1) is 9.35. The maximum Gasteiger partial charge on any atom is 0.320 e. The van der Waals surface area contributed by atoms with E-state index in [1.807, 2.05) is 32.0 Å². The van der Waals surface area contributed by atoms with Crippen LogP contribution in [0.4, 0.5) is 5.69 Å². The lowest BCUT2D eigenvalue weighted by Crippen LogP contribution is -2.42. The molecule has 0 aliphatic heterocycles. The smallest absolute Gasteiger partial charge is 0.320 e. The minimum atomic E-state index is -0.908. The zero-order valence-electron chi connectivity index (χ0n) is 12.4. The molecule has 20 heavy (non-hydrogen) atoms. The van der Waals surface area contributed by atoms with E-state index in [1.54, 1.807) is 18.9 Å². The van der Waals surface area contributed by atoms with Crippen molar-refractivity contribution in [3.8, 4) is 0 Å². The predicted molar refractivity (Wildman–Crippen MR) is 78.9 cm³/mol. The first-order valence-corrected chi connectivity index (χ1v) is 6.65. The van der Waals surface area contributed by atoms with E-state index in [1.165, 1.54) is 0 Å². The molecule has 0 heterocycles. The van der Waals surface area contributed by atoms with Crippen molar-refractivity contribution in [1.82, 2.24) is 4.90 Å². The van der Waals surface area contributed by atoms with Gasteiger partial charge in [0.2, 0.25) is 5.91 Å². The number of hydrogen-bond acceptors (Lipinski definition) is 3. The summed E-state index contributed by atoms with van der Waals surface area (Å²) in [4.78, 5) is 24.5. The van der Waals surface area contributed by atoms with Gasteiger partial charge in [0.25, 0.3) is 0 Å². The Balaban J connectivity index is 2.63. The molecule has 0 saturated heterocycles. The lowest BCUT2D eigenvalue weighted by molar-refractivity contribution is -0.143. The van der Waals surface area contributed by atoms with E-state index in [9.17, 15) is 9.59 Å². The largest absolute Gasteiger partial charge is 0.480 e. The molecule has 1 aromatic carbocycles. The first kappa shape index (κ1) is 16.2. The third-order valence-corrected chi connectivity index (χ3v) is 3.39. The molecule has 0 saturated carbocycles.